The molecule has 0 spiro atoms. The molecule has 0 atom stereocenters. The maximum absolute atomic E-state index is 12.3. The van der Waals surface area contributed by atoms with Crippen LogP contribution in [0.2, 0.25) is 0 Å². The summed E-state index contributed by atoms with van der Waals surface area (Å²) in [6.07, 6.45) is 7.50. The van der Waals surface area contributed by atoms with Crippen molar-refractivity contribution in [3.8, 4) is 0 Å². The van der Waals surface area contributed by atoms with E-state index in [4.69, 9.17) is 0 Å². The van der Waals surface area contributed by atoms with Gasteiger partial charge in [-0.15, -0.1) is 0 Å². The van der Waals surface area contributed by atoms with E-state index in [0.717, 1.165) is 32.2 Å². The van der Waals surface area contributed by atoms with E-state index in [1.807, 2.05) is 0 Å². The molecule has 1 saturated carbocycles. The molecule has 0 aliphatic heterocycles. The van der Waals surface area contributed by atoms with Crippen molar-refractivity contribution in [3.63, 3.8) is 0 Å². The van der Waals surface area contributed by atoms with Gasteiger partial charge in [0.05, 0.1) is 4.75 Å². The Bertz CT molecular complexity index is 640. The average Bonchev–Trinajstić information content (AvgIpc) is 2.59. The minimum Gasteiger partial charge on any atom is -0.310 e. The van der Waals surface area contributed by atoms with Crippen molar-refractivity contribution in [3.05, 3.63) is 35.4 Å². The molecule has 26 heavy (non-hydrogen) atoms. The second kappa shape index (κ2) is 9.34. The van der Waals surface area contributed by atoms with E-state index < -0.39 is 14.8 Å². The summed E-state index contributed by atoms with van der Waals surface area (Å²) in [4.78, 5) is 0. The highest BCUT2D eigenvalue weighted by atomic mass is 32.2. The predicted octanol–water partition coefficient (Wildman–Crippen LogP) is 4.15. The number of benzene rings is 1. The molecule has 1 aromatic rings. The molecule has 0 unspecified atom stereocenters. The van der Waals surface area contributed by atoms with Gasteiger partial charge in [-0.05, 0) is 70.4 Å². The predicted molar refractivity (Wildman–Crippen MR) is 110 cm³/mol. The van der Waals surface area contributed by atoms with E-state index >= 15 is 0 Å². The minimum absolute atomic E-state index is 0.0788. The average molecular weight is 381 g/mol. The highest BCUT2D eigenvalue weighted by Gasteiger charge is 2.32. The van der Waals surface area contributed by atoms with Gasteiger partial charge >= 0.3 is 0 Å². The lowest BCUT2D eigenvalue weighted by molar-refractivity contribution is 0.327. The minimum atomic E-state index is -3.25. The van der Waals surface area contributed by atoms with Gasteiger partial charge in [-0.3, -0.25) is 0 Å². The fourth-order valence-corrected chi connectivity index (χ4v) is 4.31. The topological polar surface area (TPSA) is 58.2 Å². The zero-order chi connectivity index (χ0) is 19.2. The Balaban J connectivity index is 1.73. The fraction of sp³-hybridized carbons (Fsp3) is 0.714. The molecule has 0 aromatic heterocycles. The molecule has 148 valence electrons. The number of sulfonamides is 1. The Morgan fingerprint density at radius 3 is 2.04 bits per heavy atom. The molecule has 1 aliphatic rings. The Hall–Kier alpha value is -0.910. The molecular formula is C21H36N2O2S. The van der Waals surface area contributed by atoms with Gasteiger partial charge in [0.15, 0.2) is 0 Å². The number of unbranched alkanes of at least 4 members (excludes halogenated alkanes) is 1. The molecule has 1 fully saturated rings. The number of nitrogens with one attached hydrogen (secondary N) is 2. The van der Waals surface area contributed by atoms with Crippen LogP contribution in [-0.4, -0.2) is 25.2 Å². The molecular weight excluding hydrogens is 344 g/mol. The monoisotopic (exact) mass is 380 g/mol. The Morgan fingerprint density at radius 1 is 0.962 bits per heavy atom. The summed E-state index contributed by atoms with van der Waals surface area (Å²) in [6.45, 7) is 8.35. The lowest BCUT2D eigenvalue weighted by Gasteiger charge is -2.31. The highest BCUT2D eigenvalue weighted by Crippen LogP contribution is 2.22. The normalized spacial score (nSPS) is 21.7. The second-order valence-electron chi connectivity index (χ2n) is 8.58. The summed E-state index contributed by atoms with van der Waals surface area (Å²) in [6, 6.07) is 9.48. The first-order valence-corrected chi connectivity index (χ1v) is 11.5. The van der Waals surface area contributed by atoms with Gasteiger partial charge in [-0.25, -0.2) is 13.1 Å². The van der Waals surface area contributed by atoms with Crippen molar-refractivity contribution in [1.29, 1.82) is 0 Å². The number of aryl methyl sites for hydroxylation is 1. The molecule has 0 heterocycles. The molecule has 1 aliphatic carbocycles. The van der Waals surface area contributed by atoms with Crippen LogP contribution in [0.3, 0.4) is 0 Å². The van der Waals surface area contributed by atoms with Crippen LogP contribution in [0.1, 0.15) is 77.3 Å². The maximum Gasteiger partial charge on any atom is 0.216 e. The maximum atomic E-state index is 12.3. The smallest absolute Gasteiger partial charge is 0.216 e. The number of hydrogen-bond donors (Lipinski definition) is 2. The molecule has 2 rings (SSSR count). The van der Waals surface area contributed by atoms with Crippen molar-refractivity contribution in [2.24, 2.45) is 0 Å². The number of rotatable bonds is 8. The van der Waals surface area contributed by atoms with Crippen LogP contribution in [0.5, 0.6) is 0 Å². The third-order valence-electron chi connectivity index (χ3n) is 5.29. The molecule has 0 radical (unpaired) electrons. The Labute approximate surface area is 160 Å². The van der Waals surface area contributed by atoms with Gasteiger partial charge in [0, 0.05) is 18.6 Å². The van der Waals surface area contributed by atoms with Crippen molar-refractivity contribution in [2.45, 2.75) is 96.0 Å². The largest absolute Gasteiger partial charge is 0.310 e. The molecule has 1 aromatic carbocycles. The zero-order valence-electron chi connectivity index (χ0n) is 16.8. The van der Waals surface area contributed by atoms with Crippen LogP contribution in [0.25, 0.3) is 0 Å². The SMILES string of the molecule is CCCCc1ccc(CN[C@H]2CC[C@H](NS(=O)(=O)C(C)(C)C)CC2)cc1. The third-order valence-corrected chi connectivity index (χ3v) is 7.55. The highest BCUT2D eigenvalue weighted by molar-refractivity contribution is 7.90. The van der Waals surface area contributed by atoms with Crippen molar-refractivity contribution in [2.75, 3.05) is 0 Å². The first kappa shape index (κ1) is 21.4. The Kier molecular flexibility index (Phi) is 7.68. The van der Waals surface area contributed by atoms with Crippen LogP contribution < -0.4 is 10.0 Å². The molecule has 5 heteroatoms. The van der Waals surface area contributed by atoms with E-state index in [2.05, 4.69) is 41.2 Å². The summed E-state index contributed by atoms with van der Waals surface area (Å²) in [5.41, 5.74) is 2.74. The van der Waals surface area contributed by atoms with Gasteiger partial charge in [-0.1, -0.05) is 37.6 Å². The summed E-state index contributed by atoms with van der Waals surface area (Å²) >= 11 is 0. The second-order valence-corrected chi connectivity index (χ2v) is 11.1. The van der Waals surface area contributed by atoms with Crippen LogP contribution in [0.4, 0.5) is 0 Å². The molecule has 0 bridgehead atoms. The van der Waals surface area contributed by atoms with Gasteiger partial charge in [0.25, 0.3) is 0 Å². The van der Waals surface area contributed by atoms with Crippen molar-refractivity contribution < 1.29 is 8.42 Å². The van der Waals surface area contributed by atoms with Crippen LogP contribution in [-0.2, 0) is 23.0 Å². The number of hydrogen-bond acceptors (Lipinski definition) is 3. The summed E-state index contributed by atoms with van der Waals surface area (Å²) in [5, 5.41) is 3.64. The van der Waals surface area contributed by atoms with Gasteiger partial charge < -0.3 is 5.32 Å². The fourth-order valence-electron chi connectivity index (χ4n) is 3.28. The summed E-state index contributed by atoms with van der Waals surface area (Å²) < 4.78 is 26.7. The quantitative estimate of drug-likeness (QED) is 0.712. The van der Waals surface area contributed by atoms with E-state index in [1.165, 1.54) is 30.4 Å². The summed E-state index contributed by atoms with van der Waals surface area (Å²) in [5.74, 6) is 0. The van der Waals surface area contributed by atoms with Crippen LogP contribution in [0, 0.1) is 0 Å². The molecule has 0 amide bonds. The van der Waals surface area contributed by atoms with Gasteiger partial charge in [-0.2, -0.15) is 0 Å². The molecule has 2 N–H and O–H groups in total. The molecule has 4 nitrogen and oxygen atoms in total. The van der Waals surface area contributed by atoms with Crippen molar-refractivity contribution >= 4 is 10.0 Å². The van der Waals surface area contributed by atoms with E-state index in [0.29, 0.717) is 6.04 Å². The lowest BCUT2D eigenvalue weighted by Crippen LogP contribution is -2.47. The first-order valence-electron chi connectivity index (χ1n) is 10.0. The van der Waals surface area contributed by atoms with Gasteiger partial charge in [0.2, 0.25) is 10.0 Å². The van der Waals surface area contributed by atoms with Gasteiger partial charge in [0.1, 0.15) is 0 Å². The van der Waals surface area contributed by atoms with Crippen molar-refractivity contribution in [1.82, 2.24) is 10.0 Å². The zero-order valence-corrected chi connectivity index (χ0v) is 17.7. The first-order chi connectivity index (χ1) is 12.2. The third kappa shape index (κ3) is 6.36. The van der Waals surface area contributed by atoms with Crippen LogP contribution >= 0.6 is 0 Å². The van der Waals surface area contributed by atoms with E-state index in [1.54, 1.807) is 20.8 Å². The Morgan fingerprint density at radius 2 is 1.50 bits per heavy atom. The lowest BCUT2D eigenvalue weighted by atomic mass is 9.91. The van der Waals surface area contributed by atoms with Crippen LogP contribution in [0.15, 0.2) is 24.3 Å². The molecule has 0 saturated heterocycles. The van der Waals surface area contributed by atoms with E-state index in [9.17, 15) is 8.42 Å². The summed E-state index contributed by atoms with van der Waals surface area (Å²) in [7, 11) is -3.25. The standard InChI is InChI=1S/C21H36N2O2S/c1-5-6-7-17-8-10-18(11-9-17)16-22-19-12-14-20(15-13-19)23-26(24,25)21(2,3)4/h8-11,19-20,22-23H,5-7,12-16H2,1-4H3/t19-,20-. The van der Waals surface area contributed by atoms with E-state index in [-0.39, 0.29) is 6.04 Å².